The molecule has 1 N–H and O–H groups in total. The fourth-order valence-corrected chi connectivity index (χ4v) is 2.44. The summed E-state index contributed by atoms with van der Waals surface area (Å²) in [4.78, 5) is 17.3. The molecule has 5 heteroatoms. The Balaban J connectivity index is 2.22. The average Bonchev–Trinajstić information content (AvgIpc) is 2.54. The highest BCUT2D eigenvalue weighted by molar-refractivity contribution is 6.33. The Hall–Kier alpha value is -1.29. The maximum absolute atomic E-state index is 11.0. The van der Waals surface area contributed by atoms with Crippen molar-refractivity contribution in [1.29, 1.82) is 0 Å². The van der Waals surface area contributed by atoms with Gasteiger partial charge in [-0.2, -0.15) is 0 Å². The molecule has 1 aromatic rings. The number of pyridine rings is 1. The SMILES string of the molecule is CC1CCCN(c2ccc(Cl)c(C(=O)O)n2)CC1. The van der Waals surface area contributed by atoms with E-state index in [9.17, 15) is 4.79 Å². The van der Waals surface area contributed by atoms with Crippen molar-refractivity contribution in [1.82, 2.24) is 4.98 Å². The molecule has 0 aliphatic carbocycles. The molecule has 0 radical (unpaired) electrons. The van der Waals surface area contributed by atoms with Crippen LogP contribution in [0.3, 0.4) is 0 Å². The van der Waals surface area contributed by atoms with Gasteiger partial charge in [-0.25, -0.2) is 9.78 Å². The third kappa shape index (κ3) is 2.93. The predicted molar refractivity (Wildman–Crippen MR) is 71.4 cm³/mol. The normalized spacial score (nSPS) is 20.6. The molecule has 0 saturated carbocycles. The third-order valence-electron chi connectivity index (χ3n) is 3.37. The molecule has 1 fully saturated rings. The van der Waals surface area contributed by atoms with Gasteiger partial charge in [0, 0.05) is 13.1 Å². The average molecular weight is 269 g/mol. The lowest BCUT2D eigenvalue weighted by Crippen LogP contribution is -2.25. The maximum atomic E-state index is 11.0. The molecule has 4 nitrogen and oxygen atoms in total. The van der Waals surface area contributed by atoms with E-state index < -0.39 is 5.97 Å². The molecule has 1 atom stereocenters. The molecular weight excluding hydrogens is 252 g/mol. The van der Waals surface area contributed by atoms with Crippen LogP contribution in [0, 0.1) is 5.92 Å². The Morgan fingerprint density at radius 1 is 1.44 bits per heavy atom. The molecule has 98 valence electrons. The smallest absolute Gasteiger partial charge is 0.356 e. The van der Waals surface area contributed by atoms with Crippen LogP contribution in [0.2, 0.25) is 5.02 Å². The Morgan fingerprint density at radius 3 is 2.94 bits per heavy atom. The van der Waals surface area contributed by atoms with E-state index in [1.54, 1.807) is 12.1 Å². The van der Waals surface area contributed by atoms with Gasteiger partial charge in [0.05, 0.1) is 5.02 Å². The first-order valence-corrected chi connectivity index (χ1v) is 6.60. The van der Waals surface area contributed by atoms with Gasteiger partial charge < -0.3 is 10.0 Å². The molecule has 0 bridgehead atoms. The number of anilines is 1. The molecule has 18 heavy (non-hydrogen) atoms. The van der Waals surface area contributed by atoms with E-state index in [4.69, 9.17) is 16.7 Å². The van der Waals surface area contributed by atoms with Gasteiger partial charge in [0.2, 0.25) is 0 Å². The van der Waals surface area contributed by atoms with E-state index in [1.807, 2.05) is 0 Å². The van der Waals surface area contributed by atoms with E-state index >= 15 is 0 Å². The highest BCUT2D eigenvalue weighted by Crippen LogP contribution is 2.23. The predicted octanol–water partition coefficient (Wildman–Crippen LogP) is 3.06. The zero-order valence-corrected chi connectivity index (χ0v) is 11.2. The third-order valence-corrected chi connectivity index (χ3v) is 3.68. The van der Waals surface area contributed by atoms with E-state index in [0.717, 1.165) is 31.8 Å². The summed E-state index contributed by atoms with van der Waals surface area (Å²) in [7, 11) is 0. The van der Waals surface area contributed by atoms with Crippen molar-refractivity contribution < 1.29 is 9.90 Å². The van der Waals surface area contributed by atoms with Crippen LogP contribution in [0.5, 0.6) is 0 Å². The van der Waals surface area contributed by atoms with E-state index in [0.29, 0.717) is 5.82 Å². The first-order valence-electron chi connectivity index (χ1n) is 6.22. The maximum Gasteiger partial charge on any atom is 0.356 e. The number of rotatable bonds is 2. The number of nitrogens with zero attached hydrogens (tertiary/aromatic N) is 2. The fraction of sp³-hybridized carbons (Fsp3) is 0.538. The summed E-state index contributed by atoms with van der Waals surface area (Å²) in [6.07, 6.45) is 3.45. The quantitative estimate of drug-likeness (QED) is 0.896. The number of carboxylic acids is 1. The number of aromatic carboxylic acids is 1. The Labute approximate surface area is 112 Å². The summed E-state index contributed by atoms with van der Waals surface area (Å²) in [6.45, 7) is 4.11. The summed E-state index contributed by atoms with van der Waals surface area (Å²) in [5.41, 5.74) is -0.0635. The lowest BCUT2D eigenvalue weighted by Gasteiger charge is -2.21. The van der Waals surface area contributed by atoms with Crippen LogP contribution in [0.4, 0.5) is 5.82 Å². The van der Waals surface area contributed by atoms with Gasteiger partial charge in [-0.1, -0.05) is 18.5 Å². The molecule has 2 heterocycles. The van der Waals surface area contributed by atoms with Crippen LogP contribution in [0.15, 0.2) is 12.1 Å². The Bertz CT molecular complexity index is 451. The van der Waals surface area contributed by atoms with E-state index in [-0.39, 0.29) is 10.7 Å². The number of aromatic nitrogens is 1. The molecule has 1 unspecified atom stereocenters. The minimum Gasteiger partial charge on any atom is -0.476 e. The minimum absolute atomic E-state index is 0.0635. The molecule has 0 aromatic carbocycles. The number of halogens is 1. The van der Waals surface area contributed by atoms with Crippen molar-refractivity contribution in [2.45, 2.75) is 26.2 Å². The summed E-state index contributed by atoms with van der Waals surface area (Å²) < 4.78 is 0. The molecule has 1 saturated heterocycles. The van der Waals surface area contributed by atoms with Crippen LogP contribution in [-0.2, 0) is 0 Å². The van der Waals surface area contributed by atoms with Crippen LogP contribution < -0.4 is 4.90 Å². The van der Waals surface area contributed by atoms with Crippen molar-refractivity contribution in [2.75, 3.05) is 18.0 Å². The topological polar surface area (TPSA) is 53.4 Å². The minimum atomic E-state index is -1.08. The number of hydrogen-bond donors (Lipinski definition) is 1. The van der Waals surface area contributed by atoms with Crippen molar-refractivity contribution in [2.24, 2.45) is 5.92 Å². The second kappa shape index (κ2) is 5.57. The summed E-state index contributed by atoms with van der Waals surface area (Å²) in [5, 5.41) is 9.21. The van der Waals surface area contributed by atoms with Gasteiger partial charge in [-0.15, -0.1) is 0 Å². The molecule has 0 spiro atoms. The van der Waals surface area contributed by atoms with Gasteiger partial charge in [0.1, 0.15) is 5.82 Å². The van der Waals surface area contributed by atoms with Crippen molar-refractivity contribution >= 4 is 23.4 Å². The second-order valence-corrected chi connectivity index (χ2v) is 5.24. The highest BCUT2D eigenvalue weighted by atomic mass is 35.5. The highest BCUT2D eigenvalue weighted by Gasteiger charge is 2.18. The molecule has 1 aliphatic heterocycles. The second-order valence-electron chi connectivity index (χ2n) is 4.83. The summed E-state index contributed by atoms with van der Waals surface area (Å²) >= 11 is 5.82. The molecule has 0 amide bonds. The van der Waals surface area contributed by atoms with E-state index in [1.165, 1.54) is 6.42 Å². The van der Waals surface area contributed by atoms with Crippen LogP contribution in [-0.4, -0.2) is 29.1 Å². The van der Waals surface area contributed by atoms with Gasteiger partial charge in [-0.3, -0.25) is 0 Å². The monoisotopic (exact) mass is 268 g/mol. The lowest BCUT2D eigenvalue weighted by atomic mass is 10.0. The van der Waals surface area contributed by atoms with Crippen LogP contribution in [0.25, 0.3) is 0 Å². The van der Waals surface area contributed by atoms with Gasteiger partial charge in [0.15, 0.2) is 5.69 Å². The van der Waals surface area contributed by atoms with Crippen LogP contribution in [0.1, 0.15) is 36.7 Å². The van der Waals surface area contributed by atoms with Crippen molar-refractivity contribution in [3.63, 3.8) is 0 Å². The number of carbonyl (C=O) groups is 1. The molecule has 2 rings (SSSR count). The lowest BCUT2D eigenvalue weighted by molar-refractivity contribution is 0.0691. The Morgan fingerprint density at radius 2 is 2.22 bits per heavy atom. The number of hydrogen-bond acceptors (Lipinski definition) is 3. The van der Waals surface area contributed by atoms with Gasteiger partial charge >= 0.3 is 5.97 Å². The standard InChI is InChI=1S/C13H17ClN2O2/c1-9-3-2-7-16(8-6-9)11-5-4-10(14)12(15-11)13(17)18/h4-5,9H,2-3,6-8H2,1H3,(H,17,18). The van der Waals surface area contributed by atoms with Gasteiger partial charge in [-0.05, 0) is 37.3 Å². The molecule has 1 aromatic heterocycles. The summed E-state index contributed by atoms with van der Waals surface area (Å²) in [5.74, 6) is 0.359. The largest absolute Gasteiger partial charge is 0.476 e. The van der Waals surface area contributed by atoms with Crippen molar-refractivity contribution in [3.8, 4) is 0 Å². The summed E-state index contributed by atoms with van der Waals surface area (Å²) in [6, 6.07) is 3.41. The zero-order chi connectivity index (χ0) is 13.1. The first kappa shape index (κ1) is 13.1. The zero-order valence-electron chi connectivity index (χ0n) is 10.4. The van der Waals surface area contributed by atoms with Crippen LogP contribution >= 0.6 is 11.6 Å². The fourth-order valence-electron chi connectivity index (χ4n) is 2.25. The molecular formula is C13H17ClN2O2. The van der Waals surface area contributed by atoms with E-state index in [2.05, 4.69) is 16.8 Å². The number of carboxylic acid groups (broad SMARTS) is 1. The Kier molecular flexibility index (Phi) is 4.07. The molecule has 1 aliphatic rings. The van der Waals surface area contributed by atoms with Gasteiger partial charge in [0.25, 0.3) is 0 Å². The first-order chi connectivity index (χ1) is 8.58. The van der Waals surface area contributed by atoms with Crippen molar-refractivity contribution in [3.05, 3.63) is 22.8 Å².